The molecule has 0 spiro atoms. The van der Waals surface area contributed by atoms with Crippen LogP contribution < -0.4 is 10.6 Å². The normalized spacial score (nSPS) is 12.7. The van der Waals surface area contributed by atoms with Gasteiger partial charge in [0.2, 0.25) is 5.91 Å². The third kappa shape index (κ3) is 3.24. The molecule has 1 aromatic carbocycles. The Morgan fingerprint density at radius 1 is 1.19 bits per heavy atom. The van der Waals surface area contributed by atoms with E-state index in [2.05, 4.69) is 41.4 Å². The van der Waals surface area contributed by atoms with Crippen LogP contribution in [0.15, 0.2) is 18.2 Å². The lowest BCUT2D eigenvalue weighted by atomic mass is 9.96. The van der Waals surface area contributed by atoms with Gasteiger partial charge in [-0.05, 0) is 39.1 Å². The van der Waals surface area contributed by atoms with Crippen LogP contribution >= 0.6 is 0 Å². The van der Waals surface area contributed by atoms with E-state index in [4.69, 9.17) is 0 Å². The van der Waals surface area contributed by atoms with Gasteiger partial charge in [-0.15, -0.1) is 0 Å². The summed E-state index contributed by atoms with van der Waals surface area (Å²) in [6.45, 7) is 10.0. The number of H-pyrrole nitrogens is 1. The Balaban J connectivity index is 2.29. The number of carbonyl (C=O) groups excluding carboxylic acids is 1. The zero-order chi connectivity index (χ0) is 15.8. The van der Waals surface area contributed by atoms with Gasteiger partial charge in [-0.2, -0.15) is 0 Å². The predicted octanol–water partition coefficient (Wildman–Crippen LogP) is 2.80. The van der Waals surface area contributed by atoms with Gasteiger partial charge < -0.3 is 15.6 Å². The van der Waals surface area contributed by atoms with Crippen molar-refractivity contribution >= 4 is 22.6 Å². The van der Waals surface area contributed by atoms with E-state index in [-0.39, 0.29) is 11.3 Å². The van der Waals surface area contributed by atoms with Gasteiger partial charge in [0.15, 0.2) is 0 Å². The van der Waals surface area contributed by atoms with Crippen LogP contribution in [0.4, 0.5) is 5.69 Å². The number of aromatic amines is 1. The van der Waals surface area contributed by atoms with Crippen LogP contribution in [0.2, 0.25) is 0 Å². The quantitative estimate of drug-likeness (QED) is 0.813. The highest BCUT2D eigenvalue weighted by atomic mass is 16.2. The number of nitrogens with zero attached hydrogens (tertiary/aromatic N) is 1. The summed E-state index contributed by atoms with van der Waals surface area (Å²) in [5.74, 6) is 0.872. The molecule has 0 saturated carbocycles. The number of amides is 1. The first-order valence-corrected chi connectivity index (χ1v) is 7.14. The first-order valence-electron chi connectivity index (χ1n) is 7.14. The molecule has 1 amide bonds. The predicted molar refractivity (Wildman–Crippen MR) is 86.6 cm³/mol. The lowest BCUT2D eigenvalue weighted by Gasteiger charge is -2.22. The zero-order valence-corrected chi connectivity index (χ0v) is 13.6. The van der Waals surface area contributed by atoms with Crippen LogP contribution in [0.25, 0.3) is 11.0 Å². The van der Waals surface area contributed by atoms with Crippen molar-refractivity contribution in [1.82, 2.24) is 15.3 Å². The zero-order valence-electron chi connectivity index (χ0n) is 13.6. The van der Waals surface area contributed by atoms with E-state index < -0.39 is 5.54 Å². The number of benzene rings is 1. The summed E-state index contributed by atoms with van der Waals surface area (Å²) in [7, 11) is 1.77. The van der Waals surface area contributed by atoms with Crippen LogP contribution in [0, 0.1) is 0 Å². The molecule has 0 aliphatic heterocycles. The van der Waals surface area contributed by atoms with Crippen LogP contribution in [0.3, 0.4) is 0 Å². The van der Waals surface area contributed by atoms with E-state index in [0.717, 1.165) is 22.5 Å². The van der Waals surface area contributed by atoms with E-state index in [0.29, 0.717) is 0 Å². The molecule has 114 valence electrons. The van der Waals surface area contributed by atoms with E-state index in [9.17, 15) is 4.79 Å². The van der Waals surface area contributed by atoms with Gasteiger partial charge in [0.05, 0.1) is 16.6 Å². The molecule has 1 heterocycles. The van der Waals surface area contributed by atoms with Crippen LogP contribution in [-0.2, 0) is 10.2 Å². The summed E-state index contributed by atoms with van der Waals surface area (Å²) in [6, 6.07) is 5.71. The Labute approximate surface area is 125 Å². The van der Waals surface area contributed by atoms with Crippen molar-refractivity contribution in [3.63, 3.8) is 0 Å². The Morgan fingerprint density at radius 2 is 1.86 bits per heavy atom. The fourth-order valence-electron chi connectivity index (χ4n) is 1.84. The van der Waals surface area contributed by atoms with E-state index in [1.54, 1.807) is 7.05 Å². The Kier molecular flexibility index (Phi) is 3.80. The van der Waals surface area contributed by atoms with E-state index >= 15 is 0 Å². The highest BCUT2D eigenvalue weighted by Crippen LogP contribution is 2.24. The van der Waals surface area contributed by atoms with Crippen molar-refractivity contribution in [1.29, 1.82) is 0 Å². The average Bonchev–Trinajstić information content (AvgIpc) is 2.81. The number of imidazole rings is 1. The average molecular weight is 288 g/mol. The first-order chi connectivity index (χ1) is 9.63. The maximum absolute atomic E-state index is 12.2. The van der Waals surface area contributed by atoms with Gasteiger partial charge in [-0.25, -0.2) is 4.98 Å². The lowest BCUT2D eigenvalue weighted by molar-refractivity contribution is -0.121. The van der Waals surface area contributed by atoms with Gasteiger partial charge >= 0.3 is 0 Å². The molecular formula is C16H24N4O. The summed E-state index contributed by atoms with van der Waals surface area (Å²) in [5, 5.41) is 5.91. The summed E-state index contributed by atoms with van der Waals surface area (Å²) < 4.78 is 0. The Morgan fingerprint density at radius 3 is 2.43 bits per heavy atom. The molecule has 2 rings (SSSR count). The topological polar surface area (TPSA) is 69.8 Å². The fourth-order valence-corrected chi connectivity index (χ4v) is 1.84. The largest absolute Gasteiger partial charge is 0.341 e. The second-order valence-electron chi connectivity index (χ2n) is 6.90. The summed E-state index contributed by atoms with van der Waals surface area (Å²) in [4.78, 5) is 20.1. The molecule has 21 heavy (non-hydrogen) atoms. The number of fused-ring (bicyclic) bond motifs is 1. The molecular weight excluding hydrogens is 264 g/mol. The minimum absolute atomic E-state index is 0.0312. The first kappa shape index (κ1) is 15.5. The van der Waals surface area contributed by atoms with E-state index in [1.165, 1.54) is 0 Å². The minimum atomic E-state index is -0.612. The van der Waals surface area contributed by atoms with Crippen molar-refractivity contribution in [3.8, 4) is 0 Å². The number of nitrogens with one attached hydrogen (secondary N) is 3. The molecule has 5 nitrogen and oxygen atoms in total. The maximum atomic E-state index is 12.2. The number of anilines is 1. The summed E-state index contributed by atoms with van der Waals surface area (Å²) in [5.41, 5.74) is 1.96. The van der Waals surface area contributed by atoms with Gasteiger partial charge in [-0.3, -0.25) is 4.79 Å². The van der Waals surface area contributed by atoms with Gasteiger partial charge in [0.1, 0.15) is 5.82 Å². The number of aromatic nitrogens is 2. The molecule has 5 heteroatoms. The molecule has 0 unspecified atom stereocenters. The SMILES string of the molecule is CNC(C)(C)C(=O)Nc1ccc2nc(C(C)(C)C)[nH]c2c1. The van der Waals surface area contributed by atoms with Crippen molar-refractivity contribution in [2.24, 2.45) is 0 Å². The number of hydrogen-bond acceptors (Lipinski definition) is 3. The second-order valence-corrected chi connectivity index (χ2v) is 6.90. The van der Waals surface area contributed by atoms with Crippen LogP contribution in [0.5, 0.6) is 0 Å². The van der Waals surface area contributed by atoms with Crippen LogP contribution in [0.1, 0.15) is 40.4 Å². The van der Waals surface area contributed by atoms with Crippen molar-refractivity contribution < 1.29 is 4.79 Å². The molecule has 0 atom stereocenters. The smallest absolute Gasteiger partial charge is 0.244 e. The summed E-state index contributed by atoms with van der Waals surface area (Å²) in [6.07, 6.45) is 0. The number of carbonyl (C=O) groups is 1. The number of rotatable bonds is 3. The highest BCUT2D eigenvalue weighted by molar-refractivity contribution is 5.98. The third-order valence-corrected chi connectivity index (χ3v) is 3.64. The van der Waals surface area contributed by atoms with E-state index in [1.807, 2.05) is 32.0 Å². The third-order valence-electron chi connectivity index (χ3n) is 3.64. The van der Waals surface area contributed by atoms with Crippen molar-refractivity contribution in [3.05, 3.63) is 24.0 Å². The lowest BCUT2D eigenvalue weighted by Crippen LogP contribution is -2.47. The molecule has 0 aliphatic rings. The molecule has 0 fully saturated rings. The molecule has 0 aliphatic carbocycles. The minimum Gasteiger partial charge on any atom is -0.341 e. The Bertz CT molecular complexity index is 664. The van der Waals surface area contributed by atoms with Gasteiger partial charge in [0, 0.05) is 11.1 Å². The molecule has 0 saturated heterocycles. The molecule has 1 aromatic heterocycles. The van der Waals surface area contributed by atoms with Gasteiger partial charge in [-0.1, -0.05) is 20.8 Å². The van der Waals surface area contributed by atoms with Crippen molar-refractivity contribution in [2.45, 2.75) is 45.6 Å². The monoisotopic (exact) mass is 288 g/mol. The number of likely N-dealkylation sites (N-methyl/N-ethyl adjacent to an activating group) is 1. The fraction of sp³-hybridized carbons (Fsp3) is 0.500. The standard InChI is InChI=1S/C16H24N4O/c1-15(2,3)13-19-11-8-7-10(9-12(11)20-13)18-14(21)16(4,5)17-6/h7-9,17H,1-6H3,(H,18,21)(H,19,20). The second kappa shape index (κ2) is 5.15. The molecule has 3 N–H and O–H groups in total. The van der Waals surface area contributed by atoms with Gasteiger partial charge in [0.25, 0.3) is 0 Å². The highest BCUT2D eigenvalue weighted by Gasteiger charge is 2.25. The maximum Gasteiger partial charge on any atom is 0.244 e. The molecule has 2 aromatic rings. The number of hydrogen-bond donors (Lipinski definition) is 3. The van der Waals surface area contributed by atoms with Crippen LogP contribution in [-0.4, -0.2) is 28.5 Å². The Hall–Kier alpha value is -1.88. The molecule has 0 radical (unpaired) electrons. The van der Waals surface area contributed by atoms with Crippen molar-refractivity contribution in [2.75, 3.05) is 12.4 Å². The summed E-state index contributed by atoms with van der Waals surface area (Å²) >= 11 is 0. The molecule has 0 bridgehead atoms.